The molecule has 0 saturated carbocycles. The summed E-state index contributed by atoms with van der Waals surface area (Å²) in [4.78, 5) is 30.3. The van der Waals surface area contributed by atoms with Gasteiger partial charge in [-0.05, 0) is 54.8 Å². The zero-order valence-electron chi connectivity index (χ0n) is 14.0. The molecule has 2 heterocycles. The molecule has 0 radical (unpaired) electrons. The van der Waals surface area contributed by atoms with Crippen molar-refractivity contribution in [2.24, 2.45) is 5.92 Å². The predicted molar refractivity (Wildman–Crippen MR) is 92.5 cm³/mol. The van der Waals surface area contributed by atoms with Crippen molar-refractivity contribution in [1.82, 2.24) is 10.3 Å². The van der Waals surface area contributed by atoms with Crippen LogP contribution >= 0.6 is 0 Å². The molecule has 3 rings (SSSR count). The average molecular weight is 323 g/mol. The lowest BCUT2D eigenvalue weighted by atomic mass is 10.1. The first-order valence-electron chi connectivity index (χ1n) is 8.09. The molecule has 1 aliphatic rings. The van der Waals surface area contributed by atoms with E-state index in [0.717, 1.165) is 16.8 Å². The Kier molecular flexibility index (Phi) is 4.60. The third-order valence-electron chi connectivity index (χ3n) is 4.51. The summed E-state index contributed by atoms with van der Waals surface area (Å²) in [7, 11) is 0. The smallest absolute Gasteiger partial charge is 0.227 e. The Hall–Kier alpha value is -2.69. The highest BCUT2D eigenvalue weighted by Crippen LogP contribution is 2.26. The van der Waals surface area contributed by atoms with Gasteiger partial charge in [-0.1, -0.05) is 6.07 Å². The van der Waals surface area contributed by atoms with Crippen LogP contribution in [0.2, 0.25) is 0 Å². The highest BCUT2D eigenvalue weighted by atomic mass is 16.2. The van der Waals surface area contributed by atoms with Crippen LogP contribution in [0.3, 0.4) is 0 Å². The number of anilines is 1. The van der Waals surface area contributed by atoms with Crippen LogP contribution in [0.4, 0.5) is 5.69 Å². The Balaban J connectivity index is 1.63. The molecule has 1 fully saturated rings. The minimum atomic E-state index is -0.305. The molecule has 1 aliphatic heterocycles. The van der Waals surface area contributed by atoms with Gasteiger partial charge >= 0.3 is 0 Å². The van der Waals surface area contributed by atoms with Crippen molar-refractivity contribution in [1.29, 1.82) is 0 Å². The number of nitrogens with one attached hydrogen (secondary N) is 1. The number of benzene rings is 1. The second kappa shape index (κ2) is 6.83. The van der Waals surface area contributed by atoms with Gasteiger partial charge in [0.1, 0.15) is 0 Å². The van der Waals surface area contributed by atoms with Gasteiger partial charge in [0.05, 0.1) is 5.92 Å². The Morgan fingerprint density at radius 3 is 2.67 bits per heavy atom. The van der Waals surface area contributed by atoms with Crippen LogP contribution in [0.25, 0.3) is 0 Å². The molecule has 2 aromatic rings. The highest BCUT2D eigenvalue weighted by Gasteiger charge is 2.35. The van der Waals surface area contributed by atoms with E-state index >= 15 is 0 Å². The van der Waals surface area contributed by atoms with Gasteiger partial charge in [-0.25, -0.2) is 0 Å². The minimum absolute atomic E-state index is 0.00214. The van der Waals surface area contributed by atoms with Crippen LogP contribution in [-0.2, 0) is 16.1 Å². The molecule has 1 aromatic carbocycles. The summed E-state index contributed by atoms with van der Waals surface area (Å²) in [6.07, 6.45) is 3.65. The van der Waals surface area contributed by atoms with E-state index in [1.54, 1.807) is 17.3 Å². The maximum atomic E-state index is 12.4. The van der Waals surface area contributed by atoms with E-state index < -0.39 is 0 Å². The quantitative estimate of drug-likeness (QED) is 0.939. The van der Waals surface area contributed by atoms with E-state index in [9.17, 15) is 9.59 Å². The summed E-state index contributed by atoms with van der Waals surface area (Å²) in [5, 5.41) is 2.91. The first kappa shape index (κ1) is 16.2. The number of hydrogen-bond acceptors (Lipinski definition) is 3. The fourth-order valence-electron chi connectivity index (χ4n) is 2.86. The van der Waals surface area contributed by atoms with E-state index in [-0.39, 0.29) is 24.2 Å². The van der Waals surface area contributed by atoms with Crippen molar-refractivity contribution in [3.63, 3.8) is 0 Å². The second-order valence-corrected chi connectivity index (χ2v) is 6.25. The number of carbonyl (C=O) groups excluding carboxylic acids is 2. The Morgan fingerprint density at radius 1 is 1.21 bits per heavy atom. The molecule has 0 bridgehead atoms. The van der Waals surface area contributed by atoms with E-state index in [1.165, 1.54) is 5.56 Å². The molecule has 5 nitrogen and oxygen atoms in total. The number of hydrogen-bond donors (Lipinski definition) is 1. The molecule has 5 heteroatoms. The van der Waals surface area contributed by atoms with Gasteiger partial charge in [0, 0.05) is 37.6 Å². The minimum Gasteiger partial charge on any atom is -0.352 e. The van der Waals surface area contributed by atoms with Crippen molar-refractivity contribution in [2.75, 3.05) is 11.4 Å². The van der Waals surface area contributed by atoms with Crippen LogP contribution in [0.1, 0.15) is 23.1 Å². The Labute approximate surface area is 141 Å². The van der Waals surface area contributed by atoms with Gasteiger partial charge in [-0.15, -0.1) is 0 Å². The number of carbonyl (C=O) groups is 2. The van der Waals surface area contributed by atoms with E-state index in [2.05, 4.69) is 10.3 Å². The fourth-order valence-corrected chi connectivity index (χ4v) is 2.86. The van der Waals surface area contributed by atoms with Crippen LogP contribution in [-0.4, -0.2) is 23.3 Å². The molecule has 0 unspecified atom stereocenters. The van der Waals surface area contributed by atoms with E-state index in [4.69, 9.17) is 0 Å². The number of nitrogens with zero attached hydrogens (tertiary/aromatic N) is 2. The lowest BCUT2D eigenvalue weighted by Crippen LogP contribution is -2.32. The molecule has 2 amide bonds. The van der Waals surface area contributed by atoms with Gasteiger partial charge in [0.15, 0.2) is 0 Å². The van der Waals surface area contributed by atoms with Crippen molar-refractivity contribution in [3.05, 3.63) is 59.4 Å². The average Bonchev–Trinajstić information content (AvgIpc) is 2.98. The Morgan fingerprint density at radius 2 is 1.96 bits per heavy atom. The third kappa shape index (κ3) is 3.45. The zero-order valence-corrected chi connectivity index (χ0v) is 14.0. The number of aryl methyl sites for hydroxylation is 2. The molecular weight excluding hydrogens is 302 g/mol. The molecule has 0 spiro atoms. The number of rotatable bonds is 4. The summed E-state index contributed by atoms with van der Waals surface area (Å²) in [5.74, 6) is -0.380. The fraction of sp³-hybridized carbons (Fsp3) is 0.316. The third-order valence-corrected chi connectivity index (χ3v) is 4.51. The lowest BCUT2D eigenvalue weighted by Gasteiger charge is -2.18. The number of pyridine rings is 1. The van der Waals surface area contributed by atoms with Crippen LogP contribution in [0.15, 0.2) is 42.7 Å². The molecule has 1 aromatic heterocycles. The van der Waals surface area contributed by atoms with Gasteiger partial charge in [-0.3, -0.25) is 14.6 Å². The maximum absolute atomic E-state index is 12.4. The summed E-state index contributed by atoms with van der Waals surface area (Å²) < 4.78 is 0. The highest BCUT2D eigenvalue weighted by molar-refractivity contribution is 6.00. The summed E-state index contributed by atoms with van der Waals surface area (Å²) in [6, 6.07) is 9.68. The normalized spacial score (nSPS) is 17.2. The molecule has 0 aliphatic carbocycles. The maximum Gasteiger partial charge on any atom is 0.227 e. The van der Waals surface area contributed by atoms with Crippen molar-refractivity contribution in [2.45, 2.75) is 26.8 Å². The van der Waals surface area contributed by atoms with Gasteiger partial charge < -0.3 is 10.2 Å². The number of aromatic nitrogens is 1. The van der Waals surface area contributed by atoms with E-state index in [0.29, 0.717) is 13.1 Å². The summed E-state index contributed by atoms with van der Waals surface area (Å²) in [5.41, 5.74) is 4.20. The number of amides is 2. The van der Waals surface area contributed by atoms with E-state index in [1.807, 2.05) is 44.2 Å². The standard InChI is InChI=1S/C19H21N3O2/c1-13-3-4-17(9-14(13)2)22-12-16(10-18(22)23)19(24)21-11-15-5-7-20-8-6-15/h3-9,16H,10-12H2,1-2H3,(H,21,24)/t16-/m0/s1. The topological polar surface area (TPSA) is 62.3 Å². The summed E-state index contributed by atoms with van der Waals surface area (Å²) in [6.45, 7) is 4.96. The first-order chi connectivity index (χ1) is 11.5. The largest absolute Gasteiger partial charge is 0.352 e. The van der Waals surface area contributed by atoms with Crippen molar-refractivity contribution >= 4 is 17.5 Å². The van der Waals surface area contributed by atoms with Crippen LogP contribution in [0, 0.1) is 19.8 Å². The monoisotopic (exact) mass is 323 g/mol. The SMILES string of the molecule is Cc1ccc(N2C[C@@H](C(=O)NCc3ccncc3)CC2=O)cc1C. The second-order valence-electron chi connectivity index (χ2n) is 6.25. The molecule has 124 valence electrons. The van der Waals surface area contributed by atoms with Crippen molar-refractivity contribution < 1.29 is 9.59 Å². The van der Waals surface area contributed by atoms with Gasteiger partial charge in [0.25, 0.3) is 0 Å². The van der Waals surface area contributed by atoms with Gasteiger partial charge in [-0.2, -0.15) is 0 Å². The molecule has 1 N–H and O–H groups in total. The first-order valence-corrected chi connectivity index (χ1v) is 8.09. The molecular formula is C19H21N3O2. The van der Waals surface area contributed by atoms with Crippen LogP contribution in [0.5, 0.6) is 0 Å². The lowest BCUT2D eigenvalue weighted by molar-refractivity contribution is -0.126. The summed E-state index contributed by atoms with van der Waals surface area (Å²) >= 11 is 0. The predicted octanol–water partition coefficient (Wildman–Crippen LogP) is 2.37. The van der Waals surface area contributed by atoms with Gasteiger partial charge in [0.2, 0.25) is 11.8 Å². The molecule has 24 heavy (non-hydrogen) atoms. The molecule has 1 saturated heterocycles. The van der Waals surface area contributed by atoms with Crippen molar-refractivity contribution in [3.8, 4) is 0 Å². The molecule has 1 atom stereocenters. The Bertz CT molecular complexity index is 758. The zero-order chi connectivity index (χ0) is 17.1. The van der Waals surface area contributed by atoms with Crippen LogP contribution < -0.4 is 10.2 Å².